The van der Waals surface area contributed by atoms with E-state index in [2.05, 4.69) is 65.0 Å². The van der Waals surface area contributed by atoms with Crippen LogP contribution in [0.4, 0.5) is 5.95 Å². The standard InChI is InChI=1S/C19H21N5O/c1-12-4-5-15(10-13(12)2)17-11-18(24-19(20-17)21-22-23-24)14-6-8-16(25-3)9-7-14/h4-10,17-18H,11H2,1-3H3,(H,20,21,23)/t17-,18-/m1/s1. The summed E-state index contributed by atoms with van der Waals surface area (Å²) in [5.74, 6) is 1.55. The van der Waals surface area contributed by atoms with Crippen LogP contribution >= 0.6 is 0 Å². The van der Waals surface area contributed by atoms with Gasteiger partial charge >= 0.3 is 0 Å². The van der Waals surface area contributed by atoms with Crippen molar-refractivity contribution in [1.29, 1.82) is 0 Å². The van der Waals surface area contributed by atoms with Crippen LogP contribution in [0, 0.1) is 13.8 Å². The van der Waals surface area contributed by atoms with Crippen LogP contribution in [-0.2, 0) is 0 Å². The summed E-state index contributed by atoms with van der Waals surface area (Å²) in [5, 5.41) is 15.6. The number of aryl methyl sites for hydroxylation is 2. The molecular weight excluding hydrogens is 314 g/mol. The van der Waals surface area contributed by atoms with E-state index in [1.165, 1.54) is 22.3 Å². The van der Waals surface area contributed by atoms with Crippen molar-refractivity contribution in [3.8, 4) is 5.75 Å². The first-order valence-electron chi connectivity index (χ1n) is 8.41. The number of tetrazole rings is 1. The second-order valence-corrected chi connectivity index (χ2v) is 6.51. The highest BCUT2D eigenvalue weighted by molar-refractivity contribution is 5.40. The fraction of sp³-hybridized carbons (Fsp3) is 0.316. The second-order valence-electron chi connectivity index (χ2n) is 6.51. The third-order valence-corrected chi connectivity index (χ3v) is 4.98. The van der Waals surface area contributed by atoms with Crippen LogP contribution in [0.3, 0.4) is 0 Å². The minimum absolute atomic E-state index is 0.0868. The van der Waals surface area contributed by atoms with Crippen molar-refractivity contribution in [1.82, 2.24) is 20.2 Å². The highest BCUT2D eigenvalue weighted by Crippen LogP contribution is 2.37. The fourth-order valence-electron chi connectivity index (χ4n) is 3.34. The van der Waals surface area contributed by atoms with Crippen LogP contribution in [0.1, 0.15) is 40.8 Å². The Labute approximate surface area is 146 Å². The highest BCUT2D eigenvalue weighted by Gasteiger charge is 2.30. The van der Waals surface area contributed by atoms with Gasteiger partial charge in [0.15, 0.2) is 0 Å². The molecule has 25 heavy (non-hydrogen) atoms. The van der Waals surface area contributed by atoms with Crippen LogP contribution in [0.25, 0.3) is 0 Å². The first-order valence-corrected chi connectivity index (χ1v) is 8.41. The molecule has 0 saturated heterocycles. The molecule has 2 aromatic carbocycles. The monoisotopic (exact) mass is 335 g/mol. The van der Waals surface area contributed by atoms with Gasteiger partial charge in [-0.05, 0) is 65.1 Å². The molecule has 1 aliphatic heterocycles. The molecule has 1 aliphatic rings. The average molecular weight is 335 g/mol. The Hall–Kier alpha value is -2.89. The lowest BCUT2D eigenvalue weighted by atomic mass is 9.92. The van der Waals surface area contributed by atoms with Gasteiger partial charge < -0.3 is 10.1 Å². The minimum atomic E-state index is 0.0868. The van der Waals surface area contributed by atoms with Crippen LogP contribution < -0.4 is 10.1 Å². The van der Waals surface area contributed by atoms with E-state index in [4.69, 9.17) is 4.74 Å². The first-order chi connectivity index (χ1) is 12.2. The normalized spacial score (nSPS) is 19.2. The molecule has 1 aromatic heterocycles. The largest absolute Gasteiger partial charge is 0.497 e. The molecule has 3 aromatic rings. The van der Waals surface area contributed by atoms with Gasteiger partial charge in [-0.3, -0.25) is 0 Å². The molecule has 0 aliphatic carbocycles. The van der Waals surface area contributed by atoms with E-state index < -0.39 is 0 Å². The number of hydrogen-bond acceptors (Lipinski definition) is 5. The van der Waals surface area contributed by atoms with Crippen molar-refractivity contribution >= 4 is 5.95 Å². The van der Waals surface area contributed by atoms with Gasteiger partial charge in [0.2, 0.25) is 5.95 Å². The van der Waals surface area contributed by atoms with Crippen molar-refractivity contribution < 1.29 is 4.74 Å². The fourth-order valence-corrected chi connectivity index (χ4v) is 3.34. The average Bonchev–Trinajstić information content (AvgIpc) is 3.12. The van der Waals surface area contributed by atoms with Crippen molar-refractivity contribution in [3.05, 3.63) is 64.7 Å². The zero-order chi connectivity index (χ0) is 17.4. The lowest BCUT2D eigenvalue weighted by Gasteiger charge is -2.31. The quantitative estimate of drug-likeness (QED) is 0.794. The Balaban J connectivity index is 1.70. The Morgan fingerprint density at radius 3 is 2.52 bits per heavy atom. The SMILES string of the molecule is COc1ccc([C@H]2C[C@H](c3ccc(C)c(C)c3)Nc3nnnn32)cc1. The van der Waals surface area contributed by atoms with Gasteiger partial charge in [-0.15, -0.1) is 0 Å². The van der Waals surface area contributed by atoms with Crippen LogP contribution in [0.15, 0.2) is 42.5 Å². The number of ether oxygens (including phenoxy) is 1. The van der Waals surface area contributed by atoms with E-state index in [1.807, 2.05) is 16.8 Å². The lowest BCUT2D eigenvalue weighted by molar-refractivity contribution is 0.410. The van der Waals surface area contributed by atoms with Gasteiger partial charge in [-0.1, -0.05) is 35.4 Å². The van der Waals surface area contributed by atoms with Crippen molar-refractivity contribution in [2.24, 2.45) is 0 Å². The zero-order valence-electron chi connectivity index (χ0n) is 14.6. The number of nitrogens with zero attached hydrogens (tertiary/aromatic N) is 4. The van der Waals surface area contributed by atoms with E-state index in [0.29, 0.717) is 5.95 Å². The number of methoxy groups -OCH3 is 1. The van der Waals surface area contributed by atoms with E-state index in [-0.39, 0.29) is 12.1 Å². The maximum atomic E-state index is 5.27. The van der Waals surface area contributed by atoms with Gasteiger partial charge in [-0.2, -0.15) is 0 Å². The van der Waals surface area contributed by atoms with Gasteiger partial charge in [-0.25, -0.2) is 4.68 Å². The van der Waals surface area contributed by atoms with Gasteiger partial charge in [0.1, 0.15) is 5.75 Å². The summed E-state index contributed by atoms with van der Waals surface area (Å²) >= 11 is 0. The smallest absolute Gasteiger partial charge is 0.243 e. The molecule has 0 amide bonds. The molecule has 0 spiro atoms. The summed E-state index contributed by atoms with van der Waals surface area (Å²) in [5.41, 5.74) is 5.03. The molecule has 2 atom stereocenters. The molecule has 0 unspecified atom stereocenters. The number of anilines is 1. The third-order valence-electron chi connectivity index (χ3n) is 4.98. The first kappa shape index (κ1) is 15.6. The molecule has 6 nitrogen and oxygen atoms in total. The number of fused-ring (bicyclic) bond motifs is 1. The topological polar surface area (TPSA) is 64.9 Å². The Kier molecular flexibility index (Phi) is 3.87. The predicted octanol–water partition coefficient (Wildman–Crippen LogP) is 3.44. The molecule has 0 bridgehead atoms. The van der Waals surface area contributed by atoms with E-state index in [1.54, 1.807) is 7.11 Å². The van der Waals surface area contributed by atoms with Crippen molar-refractivity contribution in [2.45, 2.75) is 32.4 Å². The molecule has 4 rings (SSSR count). The number of hydrogen-bond donors (Lipinski definition) is 1. The van der Waals surface area contributed by atoms with Crippen LogP contribution in [0.2, 0.25) is 0 Å². The summed E-state index contributed by atoms with van der Waals surface area (Å²) in [6, 6.07) is 15.0. The minimum Gasteiger partial charge on any atom is -0.497 e. The molecule has 1 N–H and O–H groups in total. The van der Waals surface area contributed by atoms with E-state index in [0.717, 1.165) is 12.2 Å². The molecule has 0 radical (unpaired) electrons. The molecule has 0 saturated carbocycles. The van der Waals surface area contributed by atoms with Crippen molar-refractivity contribution in [2.75, 3.05) is 12.4 Å². The van der Waals surface area contributed by atoms with E-state index >= 15 is 0 Å². The summed E-state index contributed by atoms with van der Waals surface area (Å²) in [7, 11) is 1.68. The molecule has 128 valence electrons. The number of nitrogens with one attached hydrogen (secondary N) is 1. The maximum Gasteiger partial charge on any atom is 0.243 e. The zero-order valence-corrected chi connectivity index (χ0v) is 14.6. The number of aromatic nitrogens is 4. The van der Waals surface area contributed by atoms with Crippen LogP contribution in [0.5, 0.6) is 5.75 Å². The summed E-state index contributed by atoms with van der Waals surface area (Å²) in [6.07, 6.45) is 0.882. The number of rotatable bonds is 3. The number of benzene rings is 2. The predicted molar refractivity (Wildman–Crippen MR) is 95.8 cm³/mol. The van der Waals surface area contributed by atoms with Gasteiger partial charge in [0, 0.05) is 0 Å². The third kappa shape index (κ3) is 2.84. The Morgan fingerprint density at radius 1 is 1.04 bits per heavy atom. The summed E-state index contributed by atoms with van der Waals surface area (Å²) in [6.45, 7) is 4.28. The molecule has 6 heteroatoms. The maximum absolute atomic E-state index is 5.27. The van der Waals surface area contributed by atoms with Gasteiger partial charge in [0.05, 0.1) is 19.2 Å². The lowest BCUT2D eigenvalue weighted by Crippen LogP contribution is -2.28. The highest BCUT2D eigenvalue weighted by atomic mass is 16.5. The van der Waals surface area contributed by atoms with Crippen molar-refractivity contribution in [3.63, 3.8) is 0 Å². The summed E-state index contributed by atoms with van der Waals surface area (Å²) in [4.78, 5) is 0. The summed E-state index contributed by atoms with van der Waals surface area (Å²) < 4.78 is 7.13. The molecule has 2 heterocycles. The Morgan fingerprint density at radius 2 is 1.80 bits per heavy atom. The second kappa shape index (κ2) is 6.20. The Bertz CT molecular complexity index is 887. The molecular formula is C19H21N5O. The van der Waals surface area contributed by atoms with Crippen LogP contribution in [-0.4, -0.2) is 27.3 Å². The molecule has 0 fully saturated rings. The van der Waals surface area contributed by atoms with Gasteiger partial charge in [0.25, 0.3) is 0 Å². The van der Waals surface area contributed by atoms with E-state index in [9.17, 15) is 0 Å².